The van der Waals surface area contributed by atoms with Crippen molar-refractivity contribution in [3.8, 4) is 0 Å². The van der Waals surface area contributed by atoms with Crippen molar-refractivity contribution in [2.75, 3.05) is 26.4 Å². The van der Waals surface area contributed by atoms with Crippen LogP contribution in [0.25, 0.3) is 0 Å². The zero-order valence-electron chi connectivity index (χ0n) is 11.5. The molecule has 2 rings (SSSR count). The first-order valence-corrected chi connectivity index (χ1v) is 7.30. The van der Waals surface area contributed by atoms with E-state index in [2.05, 4.69) is 0 Å². The summed E-state index contributed by atoms with van der Waals surface area (Å²) in [5, 5.41) is 9.22. The van der Waals surface area contributed by atoms with Gasteiger partial charge in [0.15, 0.2) is 0 Å². The highest BCUT2D eigenvalue weighted by Crippen LogP contribution is 2.36. The largest absolute Gasteiger partial charge is 0.480 e. The molecule has 2 unspecified atom stereocenters. The predicted molar refractivity (Wildman–Crippen MR) is 70.9 cm³/mol. The van der Waals surface area contributed by atoms with Gasteiger partial charge in [-0.3, -0.25) is 4.79 Å². The van der Waals surface area contributed by atoms with E-state index in [9.17, 15) is 9.90 Å². The molecule has 0 aromatic rings. The van der Waals surface area contributed by atoms with Gasteiger partial charge in [0.05, 0.1) is 0 Å². The van der Waals surface area contributed by atoms with Gasteiger partial charge in [-0.1, -0.05) is 6.42 Å². The summed E-state index contributed by atoms with van der Waals surface area (Å²) in [5.41, 5.74) is 4.97. The Morgan fingerprint density at radius 1 is 1.37 bits per heavy atom. The van der Waals surface area contributed by atoms with Crippen LogP contribution in [0.4, 0.5) is 0 Å². The number of hydrogen-bond acceptors (Lipinski definition) is 4. The zero-order valence-corrected chi connectivity index (χ0v) is 11.5. The number of nitrogens with two attached hydrogens (primary N) is 1. The molecular formula is C14H25NO4. The summed E-state index contributed by atoms with van der Waals surface area (Å²) in [7, 11) is 0. The molecule has 1 heterocycles. The van der Waals surface area contributed by atoms with E-state index in [1.54, 1.807) is 0 Å². The molecule has 5 heteroatoms. The number of rotatable bonds is 6. The Labute approximate surface area is 114 Å². The van der Waals surface area contributed by atoms with Gasteiger partial charge >= 0.3 is 5.97 Å². The van der Waals surface area contributed by atoms with Crippen molar-refractivity contribution in [2.45, 2.75) is 44.1 Å². The number of carbonyl (C=O) groups is 1. The van der Waals surface area contributed by atoms with Gasteiger partial charge in [-0.25, -0.2) is 0 Å². The molecule has 1 aliphatic heterocycles. The topological polar surface area (TPSA) is 81.8 Å². The van der Waals surface area contributed by atoms with Crippen molar-refractivity contribution in [3.05, 3.63) is 0 Å². The van der Waals surface area contributed by atoms with Crippen LogP contribution in [0.3, 0.4) is 0 Å². The fourth-order valence-corrected chi connectivity index (χ4v) is 3.17. The molecule has 1 aliphatic carbocycles. The summed E-state index contributed by atoms with van der Waals surface area (Å²) in [5.74, 6) is -0.210. The molecule has 19 heavy (non-hydrogen) atoms. The van der Waals surface area contributed by atoms with Gasteiger partial charge in [-0.05, 0) is 43.9 Å². The van der Waals surface area contributed by atoms with Crippen molar-refractivity contribution in [1.29, 1.82) is 0 Å². The molecule has 2 atom stereocenters. The number of ether oxygens (including phenoxy) is 2. The van der Waals surface area contributed by atoms with E-state index in [0.717, 1.165) is 51.9 Å². The Morgan fingerprint density at radius 2 is 2.11 bits per heavy atom. The molecule has 0 spiro atoms. The van der Waals surface area contributed by atoms with Gasteiger partial charge in [0, 0.05) is 26.4 Å². The Balaban J connectivity index is 1.66. The van der Waals surface area contributed by atoms with E-state index in [1.807, 2.05) is 0 Å². The molecule has 5 nitrogen and oxygen atoms in total. The molecule has 0 bridgehead atoms. The molecule has 110 valence electrons. The maximum Gasteiger partial charge on any atom is 0.323 e. The Kier molecular flexibility index (Phi) is 5.19. The SMILES string of the molecule is NC1(C(=O)O)CCCC1CCOCC1CCOCC1. The van der Waals surface area contributed by atoms with Crippen LogP contribution in [0.5, 0.6) is 0 Å². The molecule has 1 saturated heterocycles. The summed E-state index contributed by atoms with van der Waals surface area (Å²) in [6, 6.07) is 0. The van der Waals surface area contributed by atoms with Crippen LogP contribution in [-0.2, 0) is 14.3 Å². The maximum atomic E-state index is 11.2. The lowest BCUT2D eigenvalue weighted by atomic mass is 9.86. The Bertz CT molecular complexity index is 304. The molecule has 0 aromatic heterocycles. The highest BCUT2D eigenvalue weighted by atomic mass is 16.5. The third kappa shape index (κ3) is 3.68. The van der Waals surface area contributed by atoms with Crippen LogP contribution >= 0.6 is 0 Å². The minimum atomic E-state index is -1.03. The van der Waals surface area contributed by atoms with Crippen molar-refractivity contribution in [3.63, 3.8) is 0 Å². The quantitative estimate of drug-likeness (QED) is 0.714. The normalized spacial score (nSPS) is 32.6. The number of carboxylic acids is 1. The number of carboxylic acid groups (broad SMARTS) is 1. The van der Waals surface area contributed by atoms with Crippen LogP contribution in [0, 0.1) is 11.8 Å². The third-order valence-electron chi connectivity index (χ3n) is 4.57. The molecule has 1 saturated carbocycles. The third-order valence-corrected chi connectivity index (χ3v) is 4.57. The lowest BCUT2D eigenvalue weighted by Crippen LogP contribution is -2.51. The van der Waals surface area contributed by atoms with Crippen LogP contribution in [0.15, 0.2) is 0 Å². The summed E-state index contributed by atoms with van der Waals surface area (Å²) in [6.07, 6.45) is 5.30. The van der Waals surface area contributed by atoms with Crippen LogP contribution in [0.2, 0.25) is 0 Å². The average molecular weight is 271 g/mol. The van der Waals surface area contributed by atoms with Gasteiger partial charge in [-0.15, -0.1) is 0 Å². The first-order valence-electron chi connectivity index (χ1n) is 7.30. The Morgan fingerprint density at radius 3 is 2.79 bits per heavy atom. The Hall–Kier alpha value is -0.650. The molecule has 0 aromatic carbocycles. The second kappa shape index (κ2) is 6.68. The molecule has 2 aliphatic rings. The van der Waals surface area contributed by atoms with Gasteiger partial charge in [-0.2, -0.15) is 0 Å². The van der Waals surface area contributed by atoms with Crippen LogP contribution < -0.4 is 5.73 Å². The lowest BCUT2D eigenvalue weighted by molar-refractivity contribution is -0.145. The maximum absolute atomic E-state index is 11.2. The highest BCUT2D eigenvalue weighted by Gasteiger charge is 2.45. The summed E-state index contributed by atoms with van der Waals surface area (Å²) in [6.45, 7) is 3.05. The van der Waals surface area contributed by atoms with E-state index in [0.29, 0.717) is 18.9 Å². The van der Waals surface area contributed by atoms with Gasteiger partial charge < -0.3 is 20.3 Å². The number of hydrogen-bond donors (Lipinski definition) is 2. The van der Waals surface area contributed by atoms with E-state index in [4.69, 9.17) is 15.2 Å². The molecular weight excluding hydrogens is 246 g/mol. The van der Waals surface area contributed by atoms with Crippen molar-refractivity contribution < 1.29 is 19.4 Å². The molecule has 2 fully saturated rings. The lowest BCUT2D eigenvalue weighted by Gasteiger charge is -2.27. The van der Waals surface area contributed by atoms with Gasteiger partial charge in [0.25, 0.3) is 0 Å². The van der Waals surface area contributed by atoms with E-state index in [1.165, 1.54) is 0 Å². The van der Waals surface area contributed by atoms with E-state index in [-0.39, 0.29) is 5.92 Å². The fourth-order valence-electron chi connectivity index (χ4n) is 3.17. The summed E-state index contributed by atoms with van der Waals surface area (Å²) < 4.78 is 11.0. The van der Waals surface area contributed by atoms with E-state index < -0.39 is 11.5 Å². The monoisotopic (exact) mass is 271 g/mol. The first-order chi connectivity index (χ1) is 9.13. The standard InChI is InChI=1S/C14H25NO4/c15-14(13(16)17)6-1-2-12(14)5-9-19-10-11-3-7-18-8-4-11/h11-12H,1-10,15H2,(H,16,17). The average Bonchev–Trinajstić information content (AvgIpc) is 2.79. The predicted octanol–water partition coefficient (Wildman–Crippen LogP) is 1.40. The second-order valence-electron chi connectivity index (χ2n) is 5.85. The van der Waals surface area contributed by atoms with Crippen LogP contribution in [0.1, 0.15) is 38.5 Å². The number of aliphatic carboxylic acids is 1. The van der Waals surface area contributed by atoms with Crippen molar-refractivity contribution >= 4 is 5.97 Å². The summed E-state index contributed by atoms with van der Waals surface area (Å²) in [4.78, 5) is 11.2. The fraction of sp³-hybridized carbons (Fsp3) is 0.929. The van der Waals surface area contributed by atoms with Crippen LogP contribution in [-0.4, -0.2) is 43.0 Å². The van der Waals surface area contributed by atoms with Crippen molar-refractivity contribution in [2.24, 2.45) is 17.6 Å². The minimum absolute atomic E-state index is 0.0553. The first kappa shape index (κ1) is 14.8. The molecule has 0 amide bonds. The zero-order chi connectivity index (χ0) is 13.7. The van der Waals surface area contributed by atoms with Gasteiger partial charge in [0.1, 0.15) is 5.54 Å². The summed E-state index contributed by atoms with van der Waals surface area (Å²) >= 11 is 0. The minimum Gasteiger partial charge on any atom is -0.480 e. The van der Waals surface area contributed by atoms with E-state index >= 15 is 0 Å². The highest BCUT2D eigenvalue weighted by molar-refractivity contribution is 5.79. The second-order valence-corrected chi connectivity index (χ2v) is 5.85. The smallest absolute Gasteiger partial charge is 0.323 e. The van der Waals surface area contributed by atoms with Gasteiger partial charge in [0.2, 0.25) is 0 Å². The van der Waals surface area contributed by atoms with Crippen molar-refractivity contribution in [1.82, 2.24) is 0 Å². The molecule has 3 N–H and O–H groups in total. The molecule has 0 radical (unpaired) electrons.